The van der Waals surface area contributed by atoms with Crippen molar-refractivity contribution in [3.63, 3.8) is 0 Å². The molecule has 1 aliphatic rings. The largest absolute Gasteiger partial charge is 0.473 e. The second-order valence-electron chi connectivity index (χ2n) is 1.93. The summed E-state index contributed by atoms with van der Waals surface area (Å²) in [6, 6.07) is 0. The molecule has 0 aromatic rings. The summed E-state index contributed by atoms with van der Waals surface area (Å²) in [5.41, 5.74) is 0. The average molecular weight is 218 g/mol. The van der Waals surface area contributed by atoms with Crippen molar-refractivity contribution in [2.75, 3.05) is 13.7 Å². The van der Waals surface area contributed by atoms with Crippen molar-refractivity contribution in [1.82, 2.24) is 0 Å². The Morgan fingerprint density at radius 2 is 2.27 bits per heavy atom. The molecule has 0 N–H and O–H groups in total. The highest BCUT2D eigenvalue weighted by Gasteiger charge is 2.35. The van der Waals surface area contributed by atoms with Gasteiger partial charge in [-0.25, -0.2) is 4.99 Å². The van der Waals surface area contributed by atoms with Gasteiger partial charge in [-0.1, -0.05) is 34.8 Å². The van der Waals surface area contributed by atoms with Crippen LogP contribution in [0.4, 0.5) is 0 Å². The van der Waals surface area contributed by atoms with E-state index in [0.717, 1.165) is 0 Å². The van der Waals surface area contributed by atoms with Gasteiger partial charge in [0, 0.05) is 7.11 Å². The van der Waals surface area contributed by atoms with Crippen molar-refractivity contribution in [2.24, 2.45) is 4.99 Å². The van der Waals surface area contributed by atoms with Crippen molar-refractivity contribution in [3.05, 3.63) is 0 Å². The first kappa shape index (κ1) is 9.39. The molecule has 0 saturated carbocycles. The van der Waals surface area contributed by atoms with Crippen LogP contribution in [0.25, 0.3) is 0 Å². The molecule has 3 nitrogen and oxygen atoms in total. The topological polar surface area (TPSA) is 30.8 Å². The Labute approximate surface area is 79.2 Å². The lowest BCUT2D eigenvalue weighted by molar-refractivity contribution is 0.0830. The number of aliphatic imine (C=N–C) groups is 1. The van der Waals surface area contributed by atoms with Crippen LogP contribution in [0.5, 0.6) is 0 Å². The average Bonchev–Trinajstić information content (AvgIpc) is 2.32. The molecule has 1 atom stereocenters. The quantitative estimate of drug-likeness (QED) is 0.628. The molecule has 0 bridgehead atoms. The van der Waals surface area contributed by atoms with Crippen LogP contribution in [0.3, 0.4) is 0 Å². The van der Waals surface area contributed by atoms with E-state index in [9.17, 15) is 0 Å². The van der Waals surface area contributed by atoms with Gasteiger partial charge in [-0.15, -0.1) is 0 Å². The first-order valence-corrected chi connectivity index (χ1v) is 3.98. The maximum absolute atomic E-state index is 5.48. The monoisotopic (exact) mass is 217 g/mol. The molecule has 0 spiro atoms. The molecule has 0 aromatic carbocycles. The zero-order valence-electron chi connectivity index (χ0n) is 5.68. The number of hydrogen-bond acceptors (Lipinski definition) is 3. The highest BCUT2D eigenvalue weighted by molar-refractivity contribution is 6.76. The molecule has 6 heteroatoms. The predicted octanol–water partition coefficient (Wildman–Crippen LogP) is 1.76. The lowest BCUT2D eigenvalue weighted by Crippen LogP contribution is -2.18. The van der Waals surface area contributed by atoms with Crippen LogP contribution in [0, 0.1) is 0 Å². The zero-order chi connectivity index (χ0) is 8.48. The van der Waals surface area contributed by atoms with Gasteiger partial charge < -0.3 is 9.47 Å². The second-order valence-corrected chi connectivity index (χ2v) is 4.21. The maximum atomic E-state index is 5.48. The highest BCUT2D eigenvalue weighted by atomic mass is 35.6. The molecule has 1 heterocycles. The second kappa shape index (κ2) is 3.35. The molecule has 0 aliphatic carbocycles. The smallest absolute Gasteiger partial charge is 0.266 e. The van der Waals surface area contributed by atoms with Crippen LogP contribution in [0.2, 0.25) is 0 Å². The summed E-state index contributed by atoms with van der Waals surface area (Å²) in [6.45, 7) is 0.305. The first-order chi connectivity index (χ1) is 5.04. The van der Waals surface area contributed by atoms with Crippen LogP contribution in [-0.2, 0) is 9.47 Å². The summed E-state index contributed by atoms with van der Waals surface area (Å²) in [6.07, 6.45) is -0.347. The molecule has 1 aliphatic heterocycles. The van der Waals surface area contributed by atoms with E-state index < -0.39 is 3.79 Å². The van der Waals surface area contributed by atoms with Gasteiger partial charge in [0.1, 0.15) is 6.61 Å². The molecular formula is C5H6Cl3NO2. The van der Waals surface area contributed by atoms with E-state index in [2.05, 4.69) is 4.99 Å². The minimum Gasteiger partial charge on any atom is -0.473 e. The van der Waals surface area contributed by atoms with Crippen molar-refractivity contribution < 1.29 is 9.47 Å². The van der Waals surface area contributed by atoms with Gasteiger partial charge in [-0.2, -0.15) is 0 Å². The first-order valence-electron chi connectivity index (χ1n) is 2.84. The number of rotatable bonds is 1. The minimum atomic E-state index is -1.58. The third kappa shape index (κ3) is 2.37. The normalized spacial score (nSPS) is 24.7. The van der Waals surface area contributed by atoms with E-state index in [-0.39, 0.29) is 12.1 Å². The number of nitrogens with zero attached hydrogens (tertiary/aromatic N) is 1. The number of ether oxygens (including phenoxy) is 2. The van der Waals surface area contributed by atoms with Crippen LogP contribution in [0.1, 0.15) is 0 Å². The van der Waals surface area contributed by atoms with Gasteiger partial charge >= 0.3 is 0 Å². The Bertz CT molecular complexity index is 177. The summed E-state index contributed by atoms with van der Waals surface area (Å²) >= 11 is 16.4. The van der Waals surface area contributed by atoms with Gasteiger partial charge in [-0.3, -0.25) is 0 Å². The zero-order valence-corrected chi connectivity index (χ0v) is 7.95. The summed E-state index contributed by atoms with van der Waals surface area (Å²) in [4.78, 5) is 3.85. The third-order valence-electron chi connectivity index (χ3n) is 1.14. The van der Waals surface area contributed by atoms with Crippen LogP contribution < -0.4 is 0 Å². The van der Waals surface area contributed by atoms with E-state index in [4.69, 9.17) is 44.3 Å². The molecule has 0 saturated heterocycles. The summed E-state index contributed by atoms with van der Waals surface area (Å²) in [7, 11) is 1.51. The fourth-order valence-electron chi connectivity index (χ4n) is 0.631. The molecule has 0 aromatic heterocycles. The number of alkyl halides is 3. The van der Waals surface area contributed by atoms with Gasteiger partial charge in [0.15, 0.2) is 6.23 Å². The van der Waals surface area contributed by atoms with Crippen LogP contribution >= 0.6 is 34.8 Å². The number of halogens is 3. The van der Waals surface area contributed by atoms with Crippen molar-refractivity contribution in [2.45, 2.75) is 10.0 Å². The van der Waals surface area contributed by atoms with Gasteiger partial charge in [-0.05, 0) is 0 Å². The third-order valence-corrected chi connectivity index (χ3v) is 1.62. The number of hydrogen-bond donors (Lipinski definition) is 0. The molecule has 0 amide bonds. The lowest BCUT2D eigenvalue weighted by atomic mass is 10.6. The van der Waals surface area contributed by atoms with E-state index in [1.807, 2.05) is 0 Å². The van der Waals surface area contributed by atoms with E-state index >= 15 is 0 Å². The Kier molecular flexibility index (Phi) is 2.86. The molecule has 0 fully saturated rings. The number of methoxy groups -OCH3 is 1. The van der Waals surface area contributed by atoms with Gasteiger partial charge in [0.25, 0.3) is 3.79 Å². The van der Waals surface area contributed by atoms with Gasteiger partial charge in [0.05, 0.1) is 0 Å². The molecular weight excluding hydrogens is 212 g/mol. The molecule has 1 unspecified atom stereocenters. The molecule has 64 valence electrons. The van der Waals surface area contributed by atoms with E-state index in [0.29, 0.717) is 6.61 Å². The standard InChI is InChI=1S/C5H6Cl3NO2/c1-10-3-2-11-4(9-3)5(6,7)8/h3H,2H2,1H3. The lowest BCUT2D eigenvalue weighted by Gasteiger charge is -2.08. The Morgan fingerprint density at radius 3 is 2.55 bits per heavy atom. The molecule has 1 rings (SSSR count). The van der Waals surface area contributed by atoms with E-state index in [1.165, 1.54) is 7.11 Å². The van der Waals surface area contributed by atoms with Crippen LogP contribution in [-0.4, -0.2) is 29.6 Å². The molecule has 0 radical (unpaired) electrons. The maximum Gasteiger partial charge on any atom is 0.266 e. The SMILES string of the molecule is COC1COC(C(Cl)(Cl)Cl)=N1. The summed E-state index contributed by atoms with van der Waals surface area (Å²) in [5.74, 6) is 0.0920. The molecule has 11 heavy (non-hydrogen) atoms. The Morgan fingerprint density at radius 1 is 1.64 bits per heavy atom. The van der Waals surface area contributed by atoms with Crippen molar-refractivity contribution in [1.29, 1.82) is 0 Å². The predicted molar refractivity (Wildman–Crippen MR) is 44.5 cm³/mol. The fraction of sp³-hybridized carbons (Fsp3) is 0.800. The highest BCUT2D eigenvalue weighted by Crippen LogP contribution is 2.31. The van der Waals surface area contributed by atoms with Gasteiger partial charge in [0.2, 0.25) is 5.90 Å². The summed E-state index contributed by atoms with van der Waals surface area (Å²) in [5, 5.41) is 0. The summed E-state index contributed by atoms with van der Waals surface area (Å²) < 4.78 is 8.22. The Hall–Kier alpha value is 0.300. The van der Waals surface area contributed by atoms with Crippen LogP contribution in [0.15, 0.2) is 4.99 Å². The fourth-order valence-corrected chi connectivity index (χ4v) is 0.941. The Balaban J connectivity index is 2.62. The van der Waals surface area contributed by atoms with E-state index in [1.54, 1.807) is 0 Å². The van der Waals surface area contributed by atoms with Crippen molar-refractivity contribution >= 4 is 40.7 Å². The minimum absolute atomic E-state index is 0.0920. The van der Waals surface area contributed by atoms with Crippen molar-refractivity contribution in [3.8, 4) is 0 Å².